The zero-order valence-corrected chi connectivity index (χ0v) is 13.2. The third kappa shape index (κ3) is 4.17. The van der Waals surface area contributed by atoms with E-state index < -0.39 is 22.1 Å². The summed E-state index contributed by atoms with van der Waals surface area (Å²) < 4.78 is 66.1. The summed E-state index contributed by atoms with van der Waals surface area (Å²) in [5, 5.41) is 0. The molecule has 9 heteroatoms. The summed E-state index contributed by atoms with van der Waals surface area (Å²) >= 11 is 1.61. The highest BCUT2D eigenvalue weighted by molar-refractivity contribution is 7.99. The molecule has 1 unspecified atom stereocenters. The Morgan fingerprint density at radius 1 is 1.27 bits per heavy atom. The molecule has 1 heterocycles. The van der Waals surface area contributed by atoms with Crippen molar-refractivity contribution in [1.82, 2.24) is 4.31 Å². The van der Waals surface area contributed by atoms with Crippen molar-refractivity contribution >= 4 is 21.8 Å². The van der Waals surface area contributed by atoms with Crippen LogP contribution in [0.1, 0.15) is 0 Å². The normalized spacial score (nSPS) is 19.4. The van der Waals surface area contributed by atoms with Crippen molar-refractivity contribution in [3.63, 3.8) is 0 Å². The number of benzene rings is 1. The van der Waals surface area contributed by atoms with E-state index in [1.165, 1.54) is 11.4 Å². The van der Waals surface area contributed by atoms with Crippen molar-refractivity contribution in [2.24, 2.45) is 0 Å². The molecule has 0 aromatic heterocycles. The van der Waals surface area contributed by atoms with Crippen molar-refractivity contribution < 1.29 is 26.3 Å². The molecular weight excluding hydrogens is 339 g/mol. The van der Waals surface area contributed by atoms with E-state index in [0.717, 1.165) is 30.0 Å². The van der Waals surface area contributed by atoms with Crippen LogP contribution in [0.5, 0.6) is 5.75 Å². The number of halogens is 3. The highest BCUT2D eigenvalue weighted by atomic mass is 32.2. The molecule has 22 heavy (non-hydrogen) atoms. The Kier molecular flexibility index (Phi) is 5.08. The van der Waals surface area contributed by atoms with Gasteiger partial charge in [0.2, 0.25) is 10.0 Å². The lowest BCUT2D eigenvalue weighted by molar-refractivity contribution is -0.274. The van der Waals surface area contributed by atoms with Crippen molar-refractivity contribution in [1.29, 1.82) is 0 Å². The number of hydrogen-bond acceptors (Lipinski definition) is 4. The van der Waals surface area contributed by atoms with E-state index in [1.54, 1.807) is 11.8 Å². The molecule has 0 bridgehead atoms. The van der Waals surface area contributed by atoms with Crippen LogP contribution >= 0.6 is 11.8 Å². The second-order valence-electron chi connectivity index (χ2n) is 4.57. The van der Waals surface area contributed by atoms with Gasteiger partial charge >= 0.3 is 6.36 Å². The van der Waals surface area contributed by atoms with Gasteiger partial charge in [-0.3, -0.25) is 0 Å². The number of sulfonamides is 1. The van der Waals surface area contributed by atoms with E-state index in [2.05, 4.69) is 4.74 Å². The molecular formula is C13H14F3NO3S2. The molecule has 0 N–H and O–H groups in total. The first-order chi connectivity index (χ1) is 10.2. The topological polar surface area (TPSA) is 46.6 Å². The van der Waals surface area contributed by atoms with Crippen molar-refractivity contribution in [2.45, 2.75) is 17.3 Å². The van der Waals surface area contributed by atoms with Crippen LogP contribution in [0, 0.1) is 0 Å². The highest BCUT2D eigenvalue weighted by Crippen LogP contribution is 2.26. The largest absolute Gasteiger partial charge is 0.573 e. The van der Waals surface area contributed by atoms with Gasteiger partial charge in [0.25, 0.3) is 0 Å². The van der Waals surface area contributed by atoms with Crippen LogP contribution in [0.4, 0.5) is 13.2 Å². The van der Waals surface area contributed by atoms with Crippen molar-refractivity contribution in [2.75, 3.05) is 18.6 Å². The Morgan fingerprint density at radius 3 is 2.41 bits per heavy atom. The molecule has 0 radical (unpaired) electrons. The lowest BCUT2D eigenvalue weighted by Crippen LogP contribution is -2.38. The van der Waals surface area contributed by atoms with Crippen LogP contribution in [-0.2, 0) is 10.0 Å². The summed E-state index contributed by atoms with van der Waals surface area (Å²) in [7, 11) is -2.31. The first-order valence-corrected chi connectivity index (χ1v) is 8.88. The molecule has 0 fully saturated rings. The Morgan fingerprint density at radius 2 is 1.91 bits per heavy atom. The van der Waals surface area contributed by atoms with Gasteiger partial charge in [0.1, 0.15) is 5.75 Å². The first-order valence-electron chi connectivity index (χ1n) is 6.28. The second kappa shape index (κ2) is 6.51. The molecule has 4 nitrogen and oxygen atoms in total. The molecule has 1 aromatic carbocycles. The van der Waals surface area contributed by atoms with Crippen LogP contribution in [0.3, 0.4) is 0 Å². The smallest absolute Gasteiger partial charge is 0.406 e. The molecule has 1 aliphatic rings. The predicted molar refractivity (Wildman–Crippen MR) is 78.3 cm³/mol. The molecule has 0 aliphatic carbocycles. The van der Waals surface area contributed by atoms with Crippen LogP contribution in [-0.4, -0.2) is 43.7 Å². The van der Waals surface area contributed by atoms with E-state index in [4.69, 9.17) is 0 Å². The molecule has 1 aromatic rings. The van der Waals surface area contributed by atoms with Gasteiger partial charge in [0.15, 0.2) is 0 Å². The second-order valence-corrected chi connectivity index (χ2v) is 7.65. The summed E-state index contributed by atoms with van der Waals surface area (Å²) in [6, 6.07) is 3.91. The maximum atomic E-state index is 12.4. The number of nitrogens with zero attached hydrogens (tertiary/aromatic N) is 1. The SMILES string of the molecule is CN(C1C=CCSC1)S(=O)(=O)c1ccc(OC(F)(F)F)cc1. The van der Waals surface area contributed by atoms with Crippen molar-refractivity contribution in [3.05, 3.63) is 36.4 Å². The van der Waals surface area contributed by atoms with Crippen LogP contribution in [0.2, 0.25) is 0 Å². The Hall–Kier alpha value is -1.19. The highest BCUT2D eigenvalue weighted by Gasteiger charge is 2.32. The number of alkyl halides is 3. The number of ether oxygens (including phenoxy) is 1. The number of likely N-dealkylation sites (N-methyl/N-ethyl adjacent to an activating group) is 1. The predicted octanol–water partition coefficient (Wildman–Crippen LogP) is 2.88. The standard InChI is InChI=1S/C13H14F3NO3S2/c1-17(10-3-2-8-21-9-10)22(18,19)12-6-4-11(5-7-12)20-13(14,15)16/h2-7,10H,8-9H2,1H3. The Bertz CT molecular complexity index is 641. The third-order valence-electron chi connectivity index (χ3n) is 3.06. The average Bonchev–Trinajstić information content (AvgIpc) is 2.46. The summed E-state index contributed by atoms with van der Waals surface area (Å²) in [4.78, 5) is -0.0755. The monoisotopic (exact) mass is 353 g/mol. The fraction of sp³-hybridized carbons (Fsp3) is 0.385. The fourth-order valence-electron chi connectivity index (χ4n) is 1.91. The Balaban J connectivity index is 2.18. The number of thioether (sulfide) groups is 1. The van der Waals surface area contributed by atoms with Crippen LogP contribution in [0.25, 0.3) is 0 Å². The van der Waals surface area contributed by atoms with Gasteiger partial charge in [-0.25, -0.2) is 8.42 Å². The molecule has 122 valence electrons. The minimum atomic E-state index is -4.80. The van der Waals surface area contributed by atoms with Gasteiger partial charge in [-0.2, -0.15) is 16.1 Å². The zero-order chi connectivity index (χ0) is 16.4. The number of rotatable bonds is 4. The quantitative estimate of drug-likeness (QED) is 0.781. The average molecular weight is 353 g/mol. The molecule has 1 atom stereocenters. The first kappa shape index (κ1) is 17.2. The summed E-state index contributed by atoms with van der Waals surface area (Å²) in [6.07, 6.45) is -1.10. The van der Waals surface area contributed by atoms with E-state index in [1.807, 2.05) is 12.2 Å². The molecule has 0 amide bonds. The molecule has 2 rings (SSSR count). The lowest BCUT2D eigenvalue weighted by atomic mass is 10.3. The van der Waals surface area contributed by atoms with Crippen molar-refractivity contribution in [3.8, 4) is 5.75 Å². The molecule has 0 saturated carbocycles. The van der Waals surface area contributed by atoms with Gasteiger partial charge in [-0.1, -0.05) is 12.2 Å². The van der Waals surface area contributed by atoms with E-state index in [-0.39, 0.29) is 10.9 Å². The zero-order valence-electron chi connectivity index (χ0n) is 11.6. The molecule has 0 spiro atoms. The maximum Gasteiger partial charge on any atom is 0.573 e. The van der Waals surface area contributed by atoms with Crippen LogP contribution < -0.4 is 4.74 Å². The van der Waals surface area contributed by atoms with E-state index in [0.29, 0.717) is 5.75 Å². The van der Waals surface area contributed by atoms with E-state index >= 15 is 0 Å². The molecule has 1 aliphatic heterocycles. The Labute approximate surface area is 131 Å². The van der Waals surface area contributed by atoms with Gasteiger partial charge in [-0.15, -0.1) is 13.2 Å². The minimum absolute atomic E-state index is 0.0755. The summed E-state index contributed by atoms with van der Waals surface area (Å²) in [5.41, 5.74) is 0. The summed E-state index contributed by atoms with van der Waals surface area (Å²) in [5.74, 6) is 1.03. The summed E-state index contributed by atoms with van der Waals surface area (Å²) in [6.45, 7) is 0. The minimum Gasteiger partial charge on any atom is -0.406 e. The maximum absolute atomic E-state index is 12.4. The van der Waals surface area contributed by atoms with Gasteiger partial charge in [0, 0.05) is 18.6 Å². The lowest BCUT2D eigenvalue weighted by Gasteiger charge is -2.26. The fourth-order valence-corrected chi connectivity index (χ4v) is 4.28. The van der Waals surface area contributed by atoms with Gasteiger partial charge in [-0.05, 0) is 24.3 Å². The van der Waals surface area contributed by atoms with E-state index in [9.17, 15) is 21.6 Å². The third-order valence-corrected chi connectivity index (χ3v) is 5.96. The van der Waals surface area contributed by atoms with Gasteiger partial charge < -0.3 is 4.74 Å². The van der Waals surface area contributed by atoms with Crippen LogP contribution in [0.15, 0.2) is 41.3 Å². The van der Waals surface area contributed by atoms with Gasteiger partial charge in [0.05, 0.1) is 10.9 Å². The number of hydrogen-bond donors (Lipinski definition) is 0. The molecule has 0 saturated heterocycles.